The monoisotopic (exact) mass is 425 g/mol. The third-order valence-electron chi connectivity index (χ3n) is 7.96. The number of hydrogen-bond donors (Lipinski definition) is 1. The second kappa shape index (κ2) is 8.10. The number of nitrogens with two attached hydrogens (primary N) is 1. The van der Waals surface area contributed by atoms with E-state index in [1.54, 1.807) is 12.1 Å². The first-order valence-corrected chi connectivity index (χ1v) is 11.8. The minimum Gasteiger partial charge on any atom is -0.423 e. The van der Waals surface area contributed by atoms with E-state index in [1.165, 1.54) is 32.1 Å². The van der Waals surface area contributed by atoms with E-state index in [0.717, 1.165) is 31.7 Å². The van der Waals surface area contributed by atoms with Crippen LogP contribution in [0.4, 0.5) is 6.01 Å². The van der Waals surface area contributed by atoms with Crippen molar-refractivity contribution in [3.8, 4) is 0 Å². The summed E-state index contributed by atoms with van der Waals surface area (Å²) in [5, 5.41) is 0. The molecule has 7 heteroatoms. The van der Waals surface area contributed by atoms with Gasteiger partial charge < -0.3 is 20.0 Å². The number of piperazine rings is 1. The Morgan fingerprint density at radius 2 is 1.90 bits per heavy atom. The topological polar surface area (TPSA) is 78.8 Å². The van der Waals surface area contributed by atoms with Gasteiger partial charge in [-0.1, -0.05) is 26.3 Å². The van der Waals surface area contributed by atoms with E-state index in [0.29, 0.717) is 40.7 Å². The summed E-state index contributed by atoms with van der Waals surface area (Å²) in [6, 6.07) is 8.59. The molecule has 0 spiro atoms. The Morgan fingerprint density at radius 3 is 2.58 bits per heavy atom. The minimum absolute atomic E-state index is 0.421. The zero-order valence-electron chi connectivity index (χ0n) is 19.0. The Kier molecular flexibility index (Phi) is 5.42. The lowest BCUT2D eigenvalue weighted by Gasteiger charge is -2.53. The molecule has 0 aliphatic carbocycles. The maximum Gasteiger partial charge on any atom is 0.298 e. The summed E-state index contributed by atoms with van der Waals surface area (Å²) < 4.78 is 6.06. The maximum absolute atomic E-state index is 11.8. The number of carbonyl (C=O) groups is 1. The lowest BCUT2D eigenvalue weighted by atomic mass is 9.80. The summed E-state index contributed by atoms with van der Waals surface area (Å²) in [5.74, 6) is 0.0796. The number of anilines is 1. The van der Waals surface area contributed by atoms with Crippen molar-refractivity contribution in [1.29, 1.82) is 0 Å². The number of benzene rings is 1. The largest absolute Gasteiger partial charge is 0.423 e. The quantitative estimate of drug-likeness (QED) is 0.811. The van der Waals surface area contributed by atoms with Crippen molar-refractivity contribution in [3.63, 3.8) is 0 Å². The molecule has 3 aliphatic rings. The summed E-state index contributed by atoms with van der Waals surface area (Å²) in [6.45, 7) is 7.47. The highest BCUT2D eigenvalue weighted by Crippen LogP contribution is 2.37. The van der Waals surface area contributed by atoms with Crippen LogP contribution in [0.3, 0.4) is 0 Å². The molecule has 168 valence electrons. The van der Waals surface area contributed by atoms with Gasteiger partial charge in [-0.3, -0.25) is 9.69 Å². The van der Waals surface area contributed by atoms with Crippen molar-refractivity contribution < 1.29 is 9.21 Å². The number of rotatable bonds is 4. The lowest BCUT2D eigenvalue weighted by Crippen LogP contribution is -2.63. The number of aromatic nitrogens is 1. The number of carbonyl (C=O) groups excluding carboxylic acids is 1. The van der Waals surface area contributed by atoms with Crippen LogP contribution in [0.15, 0.2) is 22.6 Å². The number of piperidine rings is 2. The Labute approximate surface area is 184 Å². The third-order valence-corrected chi connectivity index (χ3v) is 7.96. The highest BCUT2D eigenvalue weighted by atomic mass is 16.4. The molecule has 0 saturated carbocycles. The Bertz CT molecular complexity index is 943. The molecular weight excluding hydrogens is 390 g/mol. The fourth-order valence-electron chi connectivity index (χ4n) is 6.17. The standard InChI is InChI=1S/C24H35N5O2/c1-15(2)20-14-28(24-26-22-19(23(25)30)8-5-9-21(22)31-24)10-11-29(20)18-12-16-6-4-7-17(13-18)27(16)3/h5,8-9,15-18,20H,4,6-7,10-14H2,1-3H3,(H2,25,30)/t16?,17?,18?,20-/m1/s1. The number of nitrogens with zero attached hydrogens (tertiary/aromatic N) is 4. The van der Waals surface area contributed by atoms with E-state index >= 15 is 0 Å². The van der Waals surface area contributed by atoms with E-state index in [1.807, 2.05) is 6.07 Å². The number of para-hydroxylation sites is 1. The van der Waals surface area contributed by atoms with Gasteiger partial charge in [0.15, 0.2) is 5.58 Å². The predicted molar refractivity (Wildman–Crippen MR) is 122 cm³/mol. The average Bonchev–Trinajstić information content (AvgIpc) is 3.17. The van der Waals surface area contributed by atoms with Gasteiger partial charge in [-0.15, -0.1) is 0 Å². The molecule has 2 N–H and O–H groups in total. The first-order chi connectivity index (χ1) is 14.9. The van der Waals surface area contributed by atoms with Gasteiger partial charge >= 0.3 is 0 Å². The van der Waals surface area contributed by atoms with Crippen LogP contribution >= 0.6 is 0 Å². The fraction of sp³-hybridized carbons (Fsp3) is 0.667. The molecule has 4 heterocycles. The summed E-state index contributed by atoms with van der Waals surface area (Å²) >= 11 is 0. The van der Waals surface area contributed by atoms with Crippen molar-refractivity contribution >= 4 is 23.0 Å². The molecule has 3 atom stereocenters. The maximum atomic E-state index is 11.8. The molecule has 2 bridgehead atoms. The van der Waals surface area contributed by atoms with Crippen LogP contribution < -0.4 is 10.6 Å². The molecule has 1 aromatic carbocycles. The predicted octanol–water partition coefficient (Wildman–Crippen LogP) is 3.09. The highest BCUT2D eigenvalue weighted by molar-refractivity contribution is 6.03. The highest BCUT2D eigenvalue weighted by Gasteiger charge is 2.42. The number of amides is 1. The van der Waals surface area contributed by atoms with Gasteiger partial charge in [-0.25, -0.2) is 0 Å². The number of oxazole rings is 1. The van der Waals surface area contributed by atoms with E-state index in [2.05, 4.69) is 40.6 Å². The number of fused-ring (bicyclic) bond motifs is 3. The third kappa shape index (κ3) is 3.72. The van der Waals surface area contributed by atoms with Gasteiger partial charge in [0.25, 0.3) is 11.9 Å². The van der Waals surface area contributed by atoms with Gasteiger partial charge in [0.1, 0.15) is 5.52 Å². The smallest absolute Gasteiger partial charge is 0.298 e. The first-order valence-electron chi connectivity index (χ1n) is 11.8. The van der Waals surface area contributed by atoms with Crippen LogP contribution in [-0.2, 0) is 0 Å². The van der Waals surface area contributed by atoms with Crippen LogP contribution in [0.2, 0.25) is 0 Å². The molecule has 3 fully saturated rings. The zero-order valence-corrected chi connectivity index (χ0v) is 19.0. The minimum atomic E-state index is -0.469. The first kappa shape index (κ1) is 20.8. The van der Waals surface area contributed by atoms with E-state index in [-0.39, 0.29) is 0 Å². The van der Waals surface area contributed by atoms with Gasteiger partial charge in [0, 0.05) is 43.8 Å². The lowest BCUT2D eigenvalue weighted by molar-refractivity contribution is -0.0170. The van der Waals surface area contributed by atoms with Crippen LogP contribution in [0, 0.1) is 5.92 Å². The van der Waals surface area contributed by atoms with Crippen molar-refractivity contribution in [1.82, 2.24) is 14.8 Å². The molecular formula is C24H35N5O2. The van der Waals surface area contributed by atoms with Crippen LogP contribution in [0.5, 0.6) is 0 Å². The van der Waals surface area contributed by atoms with Crippen molar-refractivity contribution in [2.75, 3.05) is 31.6 Å². The number of primary amides is 1. The normalized spacial score (nSPS) is 30.3. The van der Waals surface area contributed by atoms with E-state index in [4.69, 9.17) is 10.2 Å². The fourth-order valence-corrected chi connectivity index (χ4v) is 6.17. The molecule has 7 nitrogen and oxygen atoms in total. The van der Waals surface area contributed by atoms with Crippen LogP contribution in [-0.4, -0.2) is 71.5 Å². The summed E-state index contributed by atoms with van der Waals surface area (Å²) in [4.78, 5) is 24.1. The Balaban J connectivity index is 1.36. The van der Waals surface area contributed by atoms with Crippen LogP contribution in [0.25, 0.3) is 11.1 Å². The van der Waals surface area contributed by atoms with Gasteiger partial charge in [-0.05, 0) is 50.8 Å². The van der Waals surface area contributed by atoms with Crippen molar-refractivity contribution in [3.05, 3.63) is 23.8 Å². The molecule has 5 rings (SSSR count). The van der Waals surface area contributed by atoms with Crippen molar-refractivity contribution in [2.24, 2.45) is 11.7 Å². The SMILES string of the molecule is CC(C)[C@H]1CN(c2nc3c(C(N)=O)cccc3o2)CCN1C1CC2CCCC(C1)N2C. The molecule has 31 heavy (non-hydrogen) atoms. The summed E-state index contributed by atoms with van der Waals surface area (Å²) in [6.07, 6.45) is 6.67. The van der Waals surface area contributed by atoms with Crippen LogP contribution in [0.1, 0.15) is 56.3 Å². The second-order valence-electron chi connectivity index (χ2n) is 10.0. The second-order valence-corrected chi connectivity index (χ2v) is 10.0. The Hall–Kier alpha value is -2.12. The van der Waals surface area contributed by atoms with E-state index < -0.39 is 5.91 Å². The number of hydrogen-bond acceptors (Lipinski definition) is 6. The van der Waals surface area contributed by atoms with Gasteiger partial charge in [0.05, 0.1) is 5.56 Å². The Morgan fingerprint density at radius 1 is 1.16 bits per heavy atom. The molecule has 0 radical (unpaired) electrons. The zero-order chi connectivity index (χ0) is 21.7. The van der Waals surface area contributed by atoms with Crippen molar-refractivity contribution in [2.45, 2.75) is 70.1 Å². The molecule has 1 aromatic heterocycles. The summed E-state index contributed by atoms with van der Waals surface area (Å²) in [7, 11) is 2.33. The van der Waals surface area contributed by atoms with E-state index in [9.17, 15) is 4.79 Å². The molecule has 3 aliphatic heterocycles. The average molecular weight is 426 g/mol. The molecule has 3 saturated heterocycles. The summed E-state index contributed by atoms with van der Waals surface area (Å²) in [5.41, 5.74) is 7.14. The molecule has 2 aromatic rings. The molecule has 1 amide bonds. The molecule has 2 unspecified atom stereocenters. The van der Waals surface area contributed by atoms with Gasteiger partial charge in [0.2, 0.25) is 0 Å². The van der Waals surface area contributed by atoms with Gasteiger partial charge in [-0.2, -0.15) is 4.98 Å².